The minimum absolute atomic E-state index is 0.499. The molecule has 2 aromatic carbocycles. The number of H-pyrrole nitrogens is 2. The predicted molar refractivity (Wildman–Crippen MR) is 146 cm³/mol. The largest absolute Gasteiger partial charge is 0.491 e. The first kappa shape index (κ1) is 24.6. The zero-order valence-electron chi connectivity index (χ0n) is 20.9. The van der Waals surface area contributed by atoms with Gasteiger partial charge in [-0.25, -0.2) is 4.98 Å². The van der Waals surface area contributed by atoms with E-state index in [1.54, 1.807) is 13.3 Å². The number of aromatic nitrogens is 4. The molecule has 3 heterocycles. The molecule has 0 bridgehead atoms. The Kier molecular flexibility index (Phi) is 8.14. The minimum Gasteiger partial charge on any atom is -0.491 e. The Hall–Kier alpha value is -4.08. The summed E-state index contributed by atoms with van der Waals surface area (Å²) in [5.74, 6) is 2.21. The van der Waals surface area contributed by atoms with Crippen LogP contribution in [0.3, 0.4) is 0 Å². The Balaban J connectivity index is 1.12. The molecule has 0 unspecified atom stereocenters. The van der Waals surface area contributed by atoms with Crippen molar-refractivity contribution >= 4 is 33.6 Å². The Morgan fingerprint density at radius 3 is 2.76 bits per heavy atom. The van der Waals surface area contributed by atoms with Gasteiger partial charge in [0.15, 0.2) is 0 Å². The maximum Gasteiger partial charge on any atom is 0.224 e. The van der Waals surface area contributed by atoms with E-state index in [1.807, 2.05) is 30.6 Å². The molecule has 0 atom stereocenters. The summed E-state index contributed by atoms with van der Waals surface area (Å²) < 4.78 is 16.3. The summed E-state index contributed by atoms with van der Waals surface area (Å²) in [5, 5.41) is 9.08. The number of ether oxygens (including phenoxy) is 3. The van der Waals surface area contributed by atoms with Gasteiger partial charge < -0.3 is 34.8 Å². The van der Waals surface area contributed by atoms with E-state index in [4.69, 9.17) is 14.2 Å². The molecule has 9 heteroatoms. The van der Waals surface area contributed by atoms with E-state index in [1.165, 1.54) is 16.5 Å². The second-order valence-electron chi connectivity index (χ2n) is 8.67. The molecule has 0 saturated heterocycles. The highest BCUT2D eigenvalue weighted by atomic mass is 16.5. The topological polar surface area (TPSA) is 109 Å². The van der Waals surface area contributed by atoms with Gasteiger partial charge in [0, 0.05) is 55.2 Å². The molecule has 3 aromatic heterocycles. The highest BCUT2D eigenvalue weighted by Crippen LogP contribution is 2.24. The van der Waals surface area contributed by atoms with Crippen molar-refractivity contribution < 1.29 is 14.2 Å². The number of hydrogen-bond donors (Lipinski definition) is 4. The molecular weight excluding hydrogens is 468 g/mol. The van der Waals surface area contributed by atoms with E-state index in [9.17, 15) is 0 Å². The third-order valence-corrected chi connectivity index (χ3v) is 6.09. The lowest BCUT2D eigenvalue weighted by atomic mass is 10.1. The van der Waals surface area contributed by atoms with Crippen molar-refractivity contribution in [2.75, 3.05) is 50.7 Å². The van der Waals surface area contributed by atoms with Gasteiger partial charge in [-0.3, -0.25) is 0 Å². The quantitative estimate of drug-likeness (QED) is 0.163. The lowest BCUT2D eigenvalue weighted by Gasteiger charge is -2.09. The van der Waals surface area contributed by atoms with E-state index in [2.05, 4.69) is 60.9 Å². The first-order valence-electron chi connectivity index (χ1n) is 12.4. The molecule has 5 rings (SSSR count). The summed E-state index contributed by atoms with van der Waals surface area (Å²) >= 11 is 0. The standard InChI is InChI=1S/C28H32N6O3/c1-35-12-13-36-14-15-37-23-3-5-26-24(17-23)22(19-32-26)7-10-30-28-31-11-8-27(34-28)33-18-20-2-4-25-21(16-20)6-9-29-25/h2-6,8-9,11,16-17,19,29,32H,7,10,12-15,18H2,1H3,(H2,30,31,33,34). The van der Waals surface area contributed by atoms with Crippen LogP contribution in [0.5, 0.6) is 5.75 Å². The van der Waals surface area contributed by atoms with Crippen LogP contribution in [0.25, 0.3) is 21.8 Å². The summed E-state index contributed by atoms with van der Waals surface area (Å²) in [7, 11) is 1.66. The summed E-state index contributed by atoms with van der Waals surface area (Å²) in [6, 6.07) is 16.4. The van der Waals surface area contributed by atoms with Crippen molar-refractivity contribution in [1.29, 1.82) is 0 Å². The lowest BCUT2D eigenvalue weighted by Crippen LogP contribution is -2.10. The molecule has 37 heavy (non-hydrogen) atoms. The molecule has 0 saturated carbocycles. The van der Waals surface area contributed by atoms with Crippen LogP contribution in [-0.2, 0) is 22.4 Å². The van der Waals surface area contributed by atoms with Crippen LogP contribution < -0.4 is 15.4 Å². The van der Waals surface area contributed by atoms with Gasteiger partial charge in [-0.2, -0.15) is 4.98 Å². The summed E-state index contributed by atoms with van der Waals surface area (Å²) in [4.78, 5) is 15.5. The molecule has 9 nitrogen and oxygen atoms in total. The summed E-state index contributed by atoms with van der Waals surface area (Å²) in [6.45, 7) is 3.58. The van der Waals surface area contributed by atoms with Crippen LogP contribution in [0.1, 0.15) is 11.1 Å². The molecule has 0 fully saturated rings. The predicted octanol–water partition coefficient (Wildman–Crippen LogP) is 4.75. The van der Waals surface area contributed by atoms with Gasteiger partial charge in [-0.05, 0) is 65.4 Å². The van der Waals surface area contributed by atoms with E-state index >= 15 is 0 Å². The van der Waals surface area contributed by atoms with Gasteiger partial charge in [0.2, 0.25) is 5.95 Å². The SMILES string of the molecule is COCCOCCOc1ccc2[nH]cc(CCNc3nccc(NCc4ccc5[nH]ccc5c4)n3)c2c1. The number of rotatable bonds is 14. The van der Waals surface area contributed by atoms with Gasteiger partial charge in [-0.1, -0.05) is 6.07 Å². The second kappa shape index (κ2) is 12.2. The van der Waals surface area contributed by atoms with Crippen LogP contribution in [0.15, 0.2) is 67.1 Å². The van der Waals surface area contributed by atoms with Crippen molar-refractivity contribution in [2.45, 2.75) is 13.0 Å². The Bertz CT molecular complexity index is 1430. The lowest BCUT2D eigenvalue weighted by molar-refractivity contribution is 0.0544. The number of anilines is 2. The van der Waals surface area contributed by atoms with E-state index in [-0.39, 0.29) is 0 Å². The summed E-state index contributed by atoms with van der Waals surface area (Å²) in [5.41, 5.74) is 4.62. The van der Waals surface area contributed by atoms with Crippen LogP contribution >= 0.6 is 0 Å². The van der Waals surface area contributed by atoms with Crippen molar-refractivity contribution in [3.8, 4) is 5.75 Å². The molecule has 4 N–H and O–H groups in total. The minimum atomic E-state index is 0.499. The van der Waals surface area contributed by atoms with Gasteiger partial charge in [0.1, 0.15) is 18.2 Å². The first-order chi connectivity index (χ1) is 18.3. The van der Waals surface area contributed by atoms with Crippen molar-refractivity contribution in [3.05, 3.63) is 78.2 Å². The molecule has 0 spiro atoms. The monoisotopic (exact) mass is 500 g/mol. The summed E-state index contributed by atoms with van der Waals surface area (Å²) in [6.07, 6.45) is 6.59. The second-order valence-corrected chi connectivity index (χ2v) is 8.67. The Morgan fingerprint density at radius 2 is 1.81 bits per heavy atom. The highest BCUT2D eigenvalue weighted by molar-refractivity contribution is 5.84. The number of aromatic amines is 2. The van der Waals surface area contributed by atoms with Gasteiger partial charge >= 0.3 is 0 Å². The molecule has 0 amide bonds. The van der Waals surface area contributed by atoms with Crippen molar-refractivity contribution in [1.82, 2.24) is 19.9 Å². The number of hydrogen-bond acceptors (Lipinski definition) is 7. The van der Waals surface area contributed by atoms with E-state index < -0.39 is 0 Å². The maximum absolute atomic E-state index is 5.85. The molecule has 0 radical (unpaired) electrons. The van der Waals surface area contributed by atoms with Gasteiger partial charge in [0.05, 0.1) is 19.8 Å². The number of fused-ring (bicyclic) bond motifs is 2. The Morgan fingerprint density at radius 1 is 0.892 bits per heavy atom. The fraction of sp³-hybridized carbons (Fsp3) is 0.286. The third kappa shape index (κ3) is 6.58. The van der Waals surface area contributed by atoms with Crippen LogP contribution in [0.2, 0.25) is 0 Å². The zero-order valence-corrected chi connectivity index (χ0v) is 20.9. The fourth-order valence-electron chi connectivity index (χ4n) is 4.17. The Labute approximate surface area is 215 Å². The number of methoxy groups -OCH3 is 1. The molecule has 0 aliphatic carbocycles. The van der Waals surface area contributed by atoms with Crippen molar-refractivity contribution in [3.63, 3.8) is 0 Å². The average Bonchev–Trinajstić information content (AvgIpc) is 3.56. The molecule has 0 aliphatic rings. The van der Waals surface area contributed by atoms with Crippen LogP contribution in [0.4, 0.5) is 11.8 Å². The molecule has 0 aliphatic heterocycles. The zero-order chi connectivity index (χ0) is 25.3. The first-order valence-corrected chi connectivity index (χ1v) is 12.4. The van der Waals surface area contributed by atoms with Crippen LogP contribution in [0, 0.1) is 0 Å². The number of benzene rings is 2. The molecule has 5 aromatic rings. The molecule has 192 valence electrons. The van der Waals surface area contributed by atoms with E-state index in [0.717, 1.165) is 34.4 Å². The van der Waals surface area contributed by atoms with E-state index in [0.29, 0.717) is 45.5 Å². The smallest absolute Gasteiger partial charge is 0.224 e. The normalized spacial score (nSPS) is 11.3. The van der Waals surface area contributed by atoms with Gasteiger partial charge in [0.25, 0.3) is 0 Å². The van der Waals surface area contributed by atoms with Crippen LogP contribution in [-0.4, -0.2) is 60.0 Å². The fourth-order valence-corrected chi connectivity index (χ4v) is 4.17. The van der Waals surface area contributed by atoms with Crippen molar-refractivity contribution in [2.24, 2.45) is 0 Å². The number of nitrogens with one attached hydrogen (secondary N) is 4. The number of nitrogens with zero attached hydrogens (tertiary/aromatic N) is 2. The average molecular weight is 501 g/mol. The van der Waals surface area contributed by atoms with Gasteiger partial charge in [-0.15, -0.1) is 0 Å². The third-order valence-electron chi connectivity index (χ3n) is 6.09. The highest BCUT2D eigenvalue weighted by Gasteiger charge is 2.07. The maximum atomic E-state index is 5.85. The molecular formula is C28H32N6O3.